The fraction of sp³-hybridized carbons (Fsp3) is 0.450. The van der Waals surface area contributed by atoms with Crippen molar-refractivity contribution in [3.05, 3.63) is 52.8 Å². The van der Waals surface area contributed by atoms with Crippen LogP contribution in [0.4, 0.5) is 0 Å². The van der Waals surface area contributed by atoms with E-state index < -0.39 is 0 Å². The highest BCUT2D eigenvalue weighted by molar-refractivity contribution is 5.95. The van der Waals surface area contributed by atoms with Crippen LogP contribution in [0.25, 0.3) is 0 Å². The maximum atomic E-state index is 12.7. The van der Waals surface area contributed by atoms with Crippen molar-refractivity contribution in [2.75, 3.05) is 13.1 Å². The third-order valence-electron chi connectivity index (χ3n) is 5.34. The van der Waals surface area contributed by atoms with Crippen LogP contribution in [0.15, 0.2) is 30.3 Å². The lowest BCUT2D eigenvalue weighted by Crippen LogP contribution is -2.49. The Morgan fingerprint density at radius 3 is 2.77 bits per heavy atom. The third kappa shape index (κ3) is 3.36. The van der Waals surface area contributed by atoms with Crippen molar-refractivity contribution in [3.63, 3.8) is 0 Å². The van der Waals surface area contributed by atoms with E-state index in [-0.39, 0.29) is 17.9 Å². The smallest absolute Gasteiger partial charge is 0.272 e. The highest BCUT2D eigenvalue weighted by atomic mass is 16.2. The number of amides is 2. The summed E-state index contributed by atoms with van der Waals surface area (Å²) in [7, 11) is 0. The van der Waals surface area contributed by atoms with Crippen LogP contribution >= 0.6 is 0 Å². The van der Waals surface area contributed by atoms with Crippen molar-refractivity contribution in [1.29, 1.82) is 0 Å². The van der Waals surface area contributed by atoms with Gasteiger partial charge in [0.2, 0.25) is 0 Å². The van der Waals surface area contributed by atoms with Gasteiger partial charge in [-0.15, -0.1) is 0 Å². The molecule has 0 saturated carbocycles. The first-order chi connectivity index (χ1) is 12.7. The van der Waals surface area contributed by atoms with Gasteiger partial charge in [0.1, 0.15) is 0 Å². The number of aromatic nitrogens is 2. The van der Waals surface area contributed by atoms with Crippen LogP contribution in [-0.2, 0) is 12.8 Å². The van der Waals surface area contributed by atoms with Crippen LogP contribution in [0, 0.1) is 0 Å². The first-order valence-electron chi connectivity index (χ1n) is 9.43. The van der Waals surface area contributed by atoms with Crippen molar-refractivity contribution in [2.24, 2.45) is 0 Å². The Labute approximate surface area is 153 Å². The van der Waals surface area contributed by atoms with E-state index in [9.17, 15) is 9.59 Å². The molecule has 1 aromatic heterocycles. The summed E-state index contributed by atoms with van der Waals surface area (Å²) in [4.78, 5) is 27.2. The van der Waals surface area contributed by atoms with Crippen molar-refractivity contribution >= 4 is 11.8 Å². The number of rotatable bonds is 3. The highest BCUT2D eigenvalue weighted by Crippen LogP contribution is 2.22. The zero-order chi connectivity index (χ0) is 17.9. The standard InChI is InChI=1S/C20H24N4O2/c25-19(18-16-10-4-5-11-17(16)22-23-18)21-15-9-6-12-24(13-15)20(26)14-7-2-1-3-8-14/h1-3,7-8,15H,4-6,9-13H2,(H,21,25)(H,22,23). The summed E-state index contributed by atoms with van der Waals surface area (Å²) in [5.74, 6) is -0.0925. The molecule has 4 rings (SSSR count). The molecule has 1 saturated heterocycles. The summed E-state index contributed by atoms with van der Waals surface area (Å²) in [6.07, 6.45) is 5.92. The van der Waals surface area contributed by atoms with Gasteiger partial charge in [0, 0.05) is 36.0 Å². The molecule has 1 aromatic carbocycles. The summed E-state index contributed by atoms with van der Waals surface area (Å²) in [6.45, 7) is 1.28. The number of H-pyrrole nitrogens is 1. The molecule has 1 aliphatic heterocycles. The fourth-order valence-corrected chi connectivity index (χ4v) is 3.97. The van der Waals surface area contributed by atoms with Crippen molar-refractivity contribution in [2.45, 2.75) is 44.6 Å². The molecule has 136 valence electrons. The van der Waals surface area contributed by atoms with Crippen molar-refractivity contribution in [3.8, 4) is 0 Å². The summed E-state index contributed by atoms with van der Waals surface area (Å²) < 4.78 is 0. The lowest BCUT2D eigenvalue weighted by molar-refractivity contribution is 0.0675. The normalized spacial score (nSPS) is 19.7. The molecule has 26 heavy (non-hydrogen) atoms. The van der Waals surface area contributed by atoms with E-state index >= 15 is 0 Å². The van der Waals surface area contributed by atoms with Gasteiger partial charge in [0.05, 0.1) is 0 Å². The van der Waals surface area contributed by atoms with E-state index in [1.807, 2.05) is 35.2 Å². The number of hydrogen-bond acceptors (Lipinski definition) is 3. The van der Waals surface area contributed by atoms with Crippen LogP contribution in [0.3, 0.4) is 0 Å². The first kappa shape index (κ1) is 16.8. The molecule has 1 atom stereocenters. The van der Waals surface area contributed by atoms with E-state index in [0.717, 1.165) is 56.3 Å². The Kier molecular flexibility index (Phi) is 4.73. The van der Waals surface area contributed by atoms with Crippen LogP contribution in [0.2, 0.25) is 0 Å². The lowest BCUT2D eigenvalue weighted by Gasteiger charge is -2.33. The molecule has 2 amide bonds. The second-order valence-electron chi connectivity index (χ2n) is 7.17. The number of nitrogens with zero attached hydrogens (tertiary/aromatic N) is 2. The Balaban J connectivity index is 1.41. The number of piperidine rings is 1. The monoisotopic (exact) mass is 352 g/mol. The van der Waals surface area contributed by atoms with Crippen LogP contribution in [-0.4, -0.2) is 46.0 Å². The van der Waals surface area contributed by atoms with Crippen LogP contribution in [0.1, 0.15) is 57.8 Å². The van der Waals surface area contributed by atoms with Gasteiger partial charge >= 0.3 is 0 Å². The summed E-state index contributed by atoms with van der Waals surface area (Å²) >= 11 is 0. The Bertz CT molecular complexity index is 799. The number of nitrogens with one attached hydrogen (secondary N) is 2. The van der Waals surface area contributed by atoms with E-state index in [1.165, 1.54) is 0 Å². The molecule has 2 heterocycles. The molecular formula is C20H24N4O2. The second kappa shape index (κ2) is 7.32. The van der Waals surface area contributed by atoms with Gasteiger partial charge in [-0.05, 0) is 50.7 Å². The molecular weight excluding hydrogens is 328 g/mol. The molecule has 2 aromatic rings. The minimum absolute atomic E-state index is 0.0279. The summed E-state index contributed by atoms with van der Waals surface area (Å²) in [6, 6.07) is 9.29. The number of hydrogen-bond donors (Lipinski definition) is 2. The number of benzene rings is 1. The van der Waals surface area contributed by atoms with Crippen LogP contribution in [0.5, 0.6) is 0 Å². The second-order valence-corrected chi connectivity index (χ2v) is 7.17. The SMILES string of the molecule is O=C(NC1CCCN(C(=O)c2ccccc2)C1)c1n[nH]c2c1CCCC2. The molecule has 6 heteroatoms. The maximum Gasteiger partial charge on any atom is 0.272 e. The Morgan fingerprint density at radius 1 is 1.12 bits per heavy atom. The summed E-state index contributed by atoms with van der Waals surface area (Å²) in [5.41, 5.74) is 3.40. The molecule has 2 N–H and O–H groups in total. The summed E-state index contributed by atoms with van der Waals surface area (Å²) in [5, 5.41) is 10.4. The third-order valence-corrected chi connectivity index (χ3v) is 5.34. The largest absolute Gasteiger partial charge is 0.346 e. The molecule has 1 aliphatic carbocycles. The molecule has 0 radical (unpaired) electrons. The van der Waals surface area contributed by atoms with Crippen molar-refractivity contribution < 1.29 is 9.59 Å². The number of carbonyl (C=O) groups is 2. The van der Waals surface area contributed by atoms with E-state index in [4.69, 9.17) is 0 Å². The van der Waals surface area contributed by atoms with Gasteiger partial charge in [-0.1, -0.05) is 18.2 Å². The zero-order valence-corrected chi connectivity index (χ0v) is 14.8. The maximum absolute atomic E-state index is 12.7. The lowest BCUT2D eigenvalue weighted by atomic mass is 9.95. The Morgan fingerprint density at radius 2 is 1.92 bits per heavy atom. The number of aromatic amines is 1. The quantitative estimate of drug-likeness (QED) is 0.890. The van der Waals surface area contributed by atoms with Crippen molar-refractivity contribution in [1.82, 2.24) is 20.4 Å². The van der Waals surface area contributed by atoms with Gasteiger partial charge < -0.3 is 10.2 Å². The van der Waals surface area contributed by atoms with Gasteiger partial charge in [-0.2, -0.15) is 5.10 Å². The predicted molar refractivity (Wildman–Crippen MR) is 98.1 cm³/mol. The Hall–Kier alpha value is -2.63. The molecule has 0 bridgehead atoms. The highest BCUT2D eigenvalue weighted by Gasteiger charge is 2.28. The van der Waals surface area contributed by atoms with E-state index in [0.29, 0.717) is 17.8 Å². The topological polar surface area (TPSA) is 78.1 Å². The fourth-order valence-electron chi connectivity index (χ4n) is 3.97. The molecule has 1 unspecified atom stereocenters. The molecule has 2 aliphatic rings. The van der Waals surface area contributed by atoms with Crippen LogP contribution < -0.4 is 5.32 Å². The van der Waals surface area contributed by atoms with Gasteiger partial charge in [0.15, 0.2) is 5.69 Å². The van der Waals surface area contributed by atoms with Gasteiger partial charge in [-0.3, -0.25) is 14.7 Å². The van der Waals surface area contributed by atoms with Gasteiger partial charge in [-0.25, -0.2) is 0 Å². The van der Waals surface area contributed by atoms with E-state index in [2.05, 4.69) is 15.5 Å². The minimum atomic E-state index is -0.122. The molecule has 6 nitrogen and oxygen atoms in total. The number of fused-ring (bicyclic) bond motifs is 1. The number of likely N-dealkylation sites (tertiary alicyclic amines) is 1. The first-order valence-corrected chi connectivity index (χ1v) is 9.43. The molecule has 0 spiro atoms. The average molecular weight is 352 g/mol. The predicted octanol–water partition coefficient (Wildman–Crippen LogP) is 2.32. The van der Waals surface area contributed by atoms with E-state index in [1.54, 1.807) is 0 Å². The minimum Gasteiger partial charge on any atom is -0.346 e. The number of carbonyl (C=O) groups excluding carboxylic acids is 2. The van der Waals surface area contributed by atoms with Gasteiger partial charge in [0.25, 0.3) is 11.8 Å². The molecule has 1 fully saturated rings. The average Bonchev–Trinajstić information content (AvgIpc) is 3.12. The zero-order valence-electron chi connectivity index (χ0n) is 14.8. The number of aryl methyl sites for hydroxylation is 1.